The van der Waals surface area contributed by atoms with Crippen LogP contribution < -0.4 is 0 Å². The van der Waals surface area contributed by atoms with Gasteiger partial charge in [0.2, 0.25) is 0 Å². The Kier molecular flexibility index (Phi) is 3.08. The molecule has 0 radical (unpaired) electrons. The summed E-state index contributed by atoms with van der Waals surface area (Å²) in [5, 5.41) is 10.6. The molecular formula is C16H18ClN. The average molecular weight is 260 g/mol. The molecule has 2 heteroatoms. The van der Waals surface area contributed by atoms with Crippen LogP contribution in [0, 0.1) is 17.2 Å². The molecule has 94 valence electrons. The fourth-order valence-electron chi connectivity index (χ4n) is 3.88. The third-order valence-electron chi connectivity index (χ3n) is 4.84. The van der Waals surface area contributed by atoms with Crippen molar-refractivity contribution in [2.45, 2.75) is 50.4 Å². The predicted molar refractivity (Wildman–Crippen MR) is 73.6 cm³/mol. The van der Waals surface area contributed by atoms with Crippen LogP contribution in [0.15, 0.2) is 18.2 Å². The molecule has 1 atom stereocenters. The van der Waals surface area contributed by atoms with Crippen molar-refractivity contribution in [2.24, 2.45) is 5.92 Å². The molecule has 0 aromatic heterocycles. The summed E-state index contributed by atoms with van der Waals surface area (Å²) in [5.41, 5.74) is 2.32. The predicted octanol–water partition coefficient (Wildman–Crippen LogP) is 4.63. The quantitative estimate of drug-likeness (QED) is 0.721. The zero-order valence-electron chi connectivity index (χ0n) is 10.6. The lowest BCUT2D eigenvalue weighted by atomic mass is 9.66. The summed E-state index contributed by atoms with van der Waals surface area (Å²) in [6.45, 7) is 0. The van der Waals surface area contributed by atoms with E-state index in [0.717, 1.165) is 17.9 Å². The summed E-state index contributed by atoms with van der Waals surface area (Å²) < 4.78 is 0. The summed E-state index contributed by atoms with van der Waals surface area (Å²) >= 11 is 6.14. The van der Waals surface area contributed by atoms with Crippen LogP contribution in [0.3, 0.4) is 0 Å². The third kappa shape index (κ3) is 1.75. The van der Waals surface area contributed by atoms with E-state index in [2.05, 4.69) is 12.1 Å². The third-order valence-corrected chi connectivity index (χ3v) is 5.08. The highest BCUT2D eigenvalue weighted by Gasteiger charge is 2.45. The Morgan fingerprint density at radius 2 is 2.00 bits per heavy atom. The molecule has 0 bridgehead atoms. The van der Waals surface area contributed by atoms with E-state index in [4.69, 9.17) is 11.6 Å². The summed E-state index contributed by atoms with van der Waals surface area (Å²) in [6.07, 6.45) is 8.34. The first-order chi connectivity index (χ1) is 8.76. The lowest BCUT2D eigenvalue weighted by Crippen LogP contribution is -2.33. The Hall–Kier alpha value is -1.00. The number of aryl methyl sites for hydroxylation is 1. The van der Waals surface area contributed by atoms with Gasteiger partial charge < -0.3 is 0 Å². The molecule has 1 nitrogen and oxygen atoms in total. The largest absolute Gasteiger partial charge is 0.197 e. The second-order valence-electron chi connectivity index (χ2n) is 5.72. The van der Waals surface area contributed by atoms with Crippen LogP contribution in [0.4, 0.5) is 0 Å². The van der Waals surface area contributed by atoms with E-state index < -0.39 is 0 Å². The van der Waals surface area contributed by atoms with Crippen LogP contribution in [0.2, 0.25) is 5.02 Å². The molecule has 18 heavy (non-hydrogen) atoms. The zero-order valence-corrected chi connectivity index (χ0v) is 11.3. The first kappa shape index (κ1) is 12.1. The van der Waals surface area contributed by atoms with E-state index >= 15 is 0 Å². The standard InChI is InChI=1S/C16H18ClN/c17-14-7-6-12-8-9-16(11-18,15(12)10-14)13-4-2-1-3-5-13/h6-7,10,13H,1-5,8-9H2. The highest BCUT2D eigenvalue weighted by molar-refractivity contribution is 6.30. The molecule has 2 aliphatic rings. The minimum absolute atomic E-state index is 0.249. The summed E-state index contributed by atoms with van der Waals surface area (Å²) in [5.74, 6) is 0.538. The van der Waals surface area contributed by atoms with Gasteiger partial charge in [0.25, 0.3) is 0 Å². The second-order valence-corrected chi connectivity index (χ2v) is 6.16. The van der Waals surface area contributed by atoms with E-state index in [1.54, 1.807) is 0 Å². The Labute approximate surface area is 114 Å². The highest BCUT2D eigenvalue weighted by Crippen LogP contribution is 2.49. The first-order valence-corrected chi connectivity index (χ1v) is 7.34. The van der Waals surface area contributed by atoms with Gasteiger partial charge in [-0.3, -0.25) is 0 Å². The van der Waals surface area contributed by atoms with E-state index in [0.29, 0.717) is 5.92 Å². The van der Waals surface area contributed by atoms with Gasteiger partial charge in [0.05, 0.1) is 11.5 Å². The maximum atomic E-state index is 9.81. The molecule has 0 heterocycles. The van der Waals surface area contributed by atoms with Gasteiger partial charge in [-0.2, -0.15) is 5.26 Å². The van der Waals surface area contributed by atoms with Crippen LogP contribution in [0.5, 0.6) is 0 Å². The molecule has 1 unspecified atom stereocenters. The maximum absolute atomic E-state index is 9.81. The van der Waals surface area contributed by atoms with Crippen LogP contribution in [0.1, 0.15) is 49.7 Å². The lowest BCUT2D eigenvalue weighted by Gasteiger charge is -2.35. The van der Waals surface area contributed by atoms with Crippen LogP contribution in [0.25, 0.3) is 0 Å². The number of benzene rings is 1. The Balaban J connectivity index is 2.04. The number of hydrogen-bond acceptors (Lipinski definition) is 1. The van der Waals surface area contributed by atoms with E-state index in [1.165, 1.54) is 43.2 Å². The summed E-state index contributed by atoms with van der Waals surface area (Å²) in [7, 11) is 0. The number of nitriles is 1. The van der Waals surface area contributed by atoms with Crippen LogP contribution >= 0.6 is 11.6 Å². The molecule has 0 N–H and O–H groups in total. The Bertz CT molecular complexity index is 496. The molecule has 0 amide bonds. The van der Waals surface area contributed by atoms with Crippen LogP contribution in [-0.4, -0.2) is 0 Å². The van der Waals surface area contributed by atoms with Crippen molar-refractivity contribution in [3.63, 3.8) is 0 Å². The van der Waals surface area contributed by atoms with Crippen molar-refractivity contribution >= 4 is 11.6 Å². The van der Waals surface area contributed by atoms with Crippen molar-refractivity contribution in [3.05, 3.63) is 34.3 Å². The number of fused-ring (bicyclic) bond motifs is 1. The second kappa shape index (κ2) is 4.59. The van der Waals surface area contributed by atoms with Crippen molar-refractivity contribution in [1.29, 1.82) is 5.26 Å². The molecule has 0 spiro atoms. The van der Waals surface area contributed by atoms with Gasteiger partial charge in [0, 0.05) is 5.02 Å². The molecule has 0 saturated heterocycles. The number of halogens is 1. The minimum Gasteiger partial charge on any atom is -0.197 e. The Morgan fingerprint density at radius 1 is 1.22 bits per heavy atom. The van der Waals surface area contributed by atoms with E-state index in [9.17, 15) is 5.26 Å². The normalized spacial score (nSPS) is 27.8. The van der Waals surface area contributed by atoms with Gasteiger partial charge in [-0.25, -0.2) is 0 Å². The monoisotopic (exact) mass is 259 g/mol. The van der Waals surface area contributed by atoms with Crippen molar-refractivity contribution in [1.82, 2.24) is 0 Å². The molecule has 2 aliphatic carbocycles. The van der Waals surface area contributed by atoms with E-state index in [-0.39, 0.29) is 5.41 Å². The summed E-state index contributed by atoms with van der Waals surface area (Å²) in [4.78, 5) is 0. The molecule has 1 aromatic carbocycles. The topological polar surface area (TPSA) is 23.8 Å². The van der Waals surface area contributed by atoms with Gasteiger partial charge in [-0.1, -0.05) is 36.9 Å². The molecular weight excluding hydrogens is 242 g/mol. The Morgan fingerprint density at radius 3 is 2.72 bits per heavy atom. The SMILES string of the molecule is N#CC1(C2CCCCC2)CCc2ccc(Cl)cc21. The molecule has 1 fully saturated rings. The van der Waals surface area contributed by atoms with Gasteiger partial charge in [0.1, 0.15) is 0 Å². The van der Waals surface area contributed by atoms with Crippen molar-refractivity contribution in [2.75, 3.05) is 0 Å². The summed E-state index contributed by atoms with van der Waals surface area (Å²) in [6, 6.07) is 8.78. The number of nitrogens with zero attached hydrogens (tertiary/aromatic N) is 1. The van der Waals surface area contributed by atoms with Gasteiger partial charge >= 0.3 is 0 Å². The fourth-order valence-corrected chi connectivity index (χ4v) is 4.05. The zero-order chi connectivity index (χ0) is 12.6. The van der Waals surface area contributed by atoms with Crippen LogP contribution in [-0.2, 0) is 11.8 Å². The van der Waals surface area contributed by atoms with Crippen molar-refractivity contribution in [3.8, 4) is 6.07 Å². The molecule has 0 aliphatic heterocycles. The van der Waals surface area contributed by atoms with Crippen molar-refractivity contribution < 1.29 is 0 Å². The van der Waals surface area contributed by atoms with E-state index in [1.807, 2.05) is 12.1 Å². The number of hydrogen-bond donors (Lipinski definition) is 0. The maximum Gasteiger partial charge on any atom is 0.0856 e. The molecule has 1 aromatic rings. The fraction of sp³-hybridized carbons (Fsp3) is 0.562. The highest BCUT2D eigenvalue weighted by atomic mass is 35.5. The molecule has 3 rings (SSSR count). The van der Waals surface area contributed by atoms with Gasteiger partial charge in [-0.05, 0) is 54.9 Å². The van der Waals surface area contributed by atoms with Gasteiger partial charge in [-0.15, -0.1) is 0 Å². The molecule has 1 saturated carbocycles. The van der Waals surface area contributed by atoms with Gasteiger partial charge in [0.15, 0.2) is 0 Å². The minimum atomic E-state index is -0.249. The number of rotatable bonds is 1. The average Bonchev–Trinajstić information content (AvgIpc) is 2.79. The smallest absolute Gasteiger partial charge is 0.0856 e. The first-order valence-electron chi connectivity index (χ1n) is 6.96. The lowest BCUT2D eigenvalue weighted by molar-refractivity contribution is 0.251.